The number of carbonyl (C=O) groups is 3. The quantitative estimate of drug-likeness (QED) is 0.537. The van der Waals surface area contributed by atoms with Crippen molar-refractivity contribution in [1.82, 2.24) is 15.1 Å². The summed E-state index contributed by atoms with van der Waals surface area (Å²) in [6.45, 7) is 7.62. The van der Waals surface area contributed by atoms with Crippen molar-refractivity contribution >= 4 is 29.1 Å². The summed E-state index contributed by atoms with van der Waals surface area (Å²) in [4.78, 5) is 37.0. The average molecular weight is 430 g/mol. The van der Waals surface area contributed by atoms with Crippen LogP contribution >= 0.6 is 0 Å². The molecule has 3 amide bonds. The number of hydrogen-bond donors (Lipinski definition) is 3. The third-order valence-electron chi connectivity index (χ3n) is 4.44. The Balaban J connectivity index is 1.92. The van der Waals surface area contributed by atoms with Crippen molar-refractivity contribution in [2.75, 3.05) is 17.7 Å². The van der Waals surface area contributed by atoms with E-state index < -0.39 is 6.04 Å². The first kappa shape index (κ1) is 23.9. The second kappa shape index (κ2) is 11.1. The molecule has 0 saturated heterocycles. The smallest absolute Gasteiger partial charge is 0.247 e. The minimum Gasteiger partial charge on any atom is -0.497 e. The highest BCUT2D eigenvalue weighted by Gasteiger charge is 2.24. The second-order valence-corrected chi connectivity index (χ2v) is 8.08. The predicted octanol–water partition coefficient (Wildman–Crippen LogP) is 2.66. The van der Waals surface area contributed by atoms with Crippen molar-refractivity contribution in [2.24, 2.45) is 11.8 Å². The lowest BCUT2D eigenvalue weighted by molar-refractivity contribution is -0.127. The zero-order chi connectivity index (χ0) is 23.0. The largest absolute Gasteiger partial charge is 0.497 e. The van der Waals surface area contributed by atoms with E-state index in [4.69, 9.17) is 4.74 Å². The number of nitrogens with one attached hydrogen (secondary N) is 3. The molecule has 9 heteroatoms. The van der Waals surface area contributed by atoms with Crippen LogP contribution < -0.4 is 20.7 Å². The van der Waals surface area contributed by atoms with Gasteiger partial charge in [0, 0.05) is 18.3 Å². The van der Waals surface area contributed by atoms with Gasteiger partial charge in [0.15, 0.2) is 0 Å². The normalized spacial score (nSPS) is 11.8. The van der Waals surface area contributed by atoms with Crippen LogP contribution in [0.15, 0.2) is 36.7 Å². The van der Waals surface area contributed by atoms with Gasteiger partial charge in [0.05, 0.1) is 19.0 Å². The zero-order valence-electron chi connectivity index (χ0n) is 18.6. The third-order valence-corrected chi connectivity index (χ3v) is 4.44. The van der Waals surface area contributed by atoms with Crippen LogP contribution in [0.3, 0.4) is 0 Å². The van der Waals surface area contributed by atoms with Gasteiger partial charge in [-0.15, -0.1) is 0 Å². The number of benzene rings is 1. The van der Waals surface area contributed by atoms with Gasteiger partial charge in [0.2, 0.25) is 17.7 Å². The van der Waals surface area contributed by atoms with Crippen molar-refractivity contribution in [2.45, 2.75) is 46.7 Å². The van der Waals surface area contributed by atoms with Crippen molar-refractivity contribution in [3.8, 4) is 5.75 Å². The summed E-state index contributed by atoms with van der Waals surface area (Å²) in [6.07, 6.45) is 3.39. The maximum absolute atomic E-state index is 12.6. The molecule has 0 aliphatic rings. The summed E-state index contributed by atoms with van der Waals surface area (Å²) in [6, 6.07) is 6.33. The van der Waals surface area contributed by atoms with Gasteiger partial charge >= 0.3 is 0 Å². The third kappa shape index (κ3) is 7.76. The minimum atomic E-state index is -0.659. The van der Waals surface area contributed by atoms with Crippen LogP contribution in [0, 0.1) is 11.8 Å². The number of hydrogen-bond acceptors (Lipinski definition) is 5. The Kier molecular flexibility index (Phi) is 8.60. The fourth-order valence-electron chi connectivity index (χ4n) is 2.89. The van der Waals surface area contributed by atoms with Crippen LogP contribution in [0.4, 0.5) is 11.4 Å². The van der Waals surface area contributed by atoms with Gasteiger partial charge in [-0.25, -0.2) is 0 Å². The summed E-state index contributed by atoms with van der Waals surface area (Å²) in [5, 5.41) is 12.4. The molecule has 3 N–H and O–H groups in total. The molecule has 0 spiro atoms. The van der Waals surface area contributed by atoms with E-state index in [0.29, 0.717) is 23.5 Å². The molecule has 2 rings (SSSR count). The van der Waals surface area contributed by atoms with Crippen LogP contribution in [0.25, 0.3) is 0 Å². The van der Waals surface area contributed by atoms with Crippen LogP contribution in [-0.4, -0.2) is 40.7 Å². The Morgan fingerprint density at radius 3 is 2.26 bits per heavy atom. The molecular weight excluding hydrogens is 398 g/mol. The number of ether oxygens (including phenoxy) is 1. The van der Waals surface area contributed by atoms with Gasteiger partial charge in [-0.3, -0.25) is 19.1 Å². The van der Waals surface area contributed by atoms with E-state index in [2.05, 4.69) is 21.0 Å². The number of carbonyl (C=O) groups excluding carboxylic acids is 3. The van der Waals surface area contributed by atoms with Gasteiger partial charge in [-0.1, -0.05) is 27.7 Å². The van der Waals surface area contributed by atoms with Crippen molar-refractivity contribution in [3.63, 3.8) is 0 Å². The van der Waals surface area contributed by atoms with E-state index in [-0.39, 0.29) is 36.1 Å². The highest BCUT2D eigenvalue weighted by atomic mass is 16.5. The molecule has 0 radical (unpaired) electrons. The van der Waals surface area contributed by atoms with Crippen LogP contribution in [0.2, 0.25) is 0 Å². The summed E-state index contributed by atoms with van der Waals surface area (Å²) in [5.74, 6) is 0.0846. The summed E-state index contributed by atoms with van der Waals surface area (Å²) in [7, 11) is 1.57. The second-order valence-electron chi connectivity index (χ2n) is 8.08. The monoisotopic (exact) mass is 429 g/mol. The Bertz CT molecular complexity index is 890. The van der Waals surface area contributed by atoms with E-state index in [1.165, 1.54) is 10.9 Å². The molecule has 1 aromatic heterocycles. The SMILES string of the molecule is COc1ccc(NC(=O)Cn2cc(NC(=O)C(NC(=O)CC(C)C)C(C)C)cn2)cc1. The molecular formula is C22H31N5O4. The number of aromatic nitrogens is 2. The lowest BCUT2D eigenvalue weighted by Crippen LogP contribution is -2.47. The first-order valence-electron chi connectivity index (χ1n) is 10.2. The number of rotatable bonds is 10. The molecule has 0 bridgehead atoms. The maximum Gasteiger partial charge on any atom is 0.247 e. The first-order valence-corrected chi connectivity index (χ1v) is 10.2. The fraction of sp³-hybridized carbons (Fsp3) is 0.455. The molecule has 0 fully saturated rings. The molecule has 0 saturated carbocycles. The molecule has 1 unspecified atom stereocenters. The molecule has 9 nitrogen and oxygen atoms in total. The predicted molar refractivity (Wildman–Crippen MR) is 119 cm³/mol. The fourth-order valence-corrected chi connectivity index (χ4v) is 2.89. The van der Waals surface area contributed by atoms with Gasteiger partial charge < -0.3 is 20.7 Å². The van der Waals surface area contributed by atoms with Gasteiger partial charge in [-0.05, 0) is 36.1 Å². The molecule has 1 atom stereocenters. The van der Waals surface area contributed by atoms with E-state index >= 15 is 0 Å². The topological polar surface area (TPSA) is 114 Å². The van der Waals surface area contributed by atoms with E-state index in [1.54, 1.807) is 37.6 Å². The Morgan fingerprint density at radius 1 is 1.00 bits per heavy atom. The molecule has 31 heavy (non-hydrogen) atoms. The average Bonchev–Trinajstić information content (AvgIpc) is 3.12. The van der Waals surface area contributed by atoms with E-state index in [1.807, 2.05) is 27.7 Å². The van der Waals surface area contributed by atoms with Crippen LogP contribution in [0.5, 0.6) is 5.75 Å². The standard InChI is InChI=1S/C22H31N5O4/c1-14(2)10-19(28)26-21(15(3)4)22(30)25-17-11-23-27(12-17)13-20(29)24-16-6-8-18(31-5)9-7-16/h6-9,11-12,14-15,21H,10,13H2,1-5H3,(H,24,29)(H,25,30)(H,26,28). The van der Waals surface area contributed by atoms with Crippen molar-refractivity contribution < 1.29 is 19.1 Å². The van der Waals surface area contributed by atoms with Gasteiger partial charge in [0.1, 0.15) is 18.3 Å². The summed E-state index contributed by atoms with van der Waals surface area (Å²) in [5.41, 5.74) is 1.09. The van der Waals surface area contributed by atoms with Gasteiger partial charge in [-0.2, -0.15) is 5.10 Å². The molecule has 0 aliphatic carbocycles. The highest BCUT2D eigenvalue weighted by molar-refractivity contribution is 5.97. The molecule has 168 valence electrons. The van der Waals surface area contributed by atoms with Crippen molar-refractivity contribution in [3.05, 3.63) is 36.7 Å². The van der Waals surface area contributed by atoms with Gasteiger partial charge in [0.25, 0.3) is 0 Å². The van der Waals surface area contributed by atoms with E-state index in [9.17, 15) is 14.4 Å². The summed E-state index contributed by atoms with van der Waals surface area (Å²) < 4.78 is 6.52. The maximum atomic E-state index is 12.6. The van der Waals surface area contributed by atoms with E-state index in [0.717, 1.165) is 0 Å². The highest BCUT2D eigenvalue weighted by Crippen LogP contribution is 2.15. The molecule has 1 aromatic carbocycles. The van der Waals surface area contributed by atoms with Crippen LogP contribution in [0.1, 0.15) is 34.1 Å². The minimum absolute atomic E-state index is 0.0133. The number of nitrogens with zero attached hydrogens (tertiary/aromatic N) is 2. The Labute approximate surface area is 182 Å². The Morgan fingerprint density at radius 2 is 1.68 bits per heavy atom. The molecule has 2 aromatic rings. The zero-order valence-corrected chi connectivity index (χ0v) is 18.6. The lowest BCUT2D eigenvalue weighted by Gasteiger charge is -2.21. The Hall–Kier alpha value is -3.36. The molecule has 0 aliphatic heterocycles. The lowest BCUT2D eigenvalue weighted by atomic mass is 10.0. The number of amides is 3. The number of methoxy groups -OCH3 is 1. The van der Waals surface area contributed by atoms with Crippen molar-refractivity contribution in [1.29, 1.82) is 0 Å². The molecule has 1 heterocycles. The van der Waals surface area contributed by atoms with Crippen LogP contribution in [-0.2, 0) is 20.9 Å². The number of anilines is 2. The first-order chi connectivity index (χ1) is 14.7. The summed E-state index contributed by atoms with van der Waals surface area (Å²) >= 11 is 0.